The molecule has 1 heterocycles. The SMILES string of the molecule is Cc1ccc(C2=C(Nc3cccc(C)c3C)C(=O)N(c3cccc(Cl)c3)C2=O)cc1. The Balaban J connectivity index is 1.86. The number of hydrogen-bond acceptors (Lipinski definition) is 3. The van der Waals surface area contributed by atoms with E-state index in [-0.39, 0.29) is 11.6 Å². The molecule has 0 aromatic heterocycles. The minimum Gasteiger partial charge on any atom is -0.350 e. The summed E-state index contributed by atoms with van der Waals surface area (Å²) in [4.78, 5) is 28.0. The highest BCUT2D eigenvalue weighted by molar-refractivity contribution is 6.46. The number of halogens is 1. The van der Waals surface area contributed by atoms with Crippen molar-refractivity contribution < 1.29 is 9.59 Å². The van der Waals surface area contributed by atoms with Gasteiger partial charge in [0.1, 0.15) is 5.70 Å². The van der Waals surface area contributed by atoms with Gasteiger partial charge in [-0.1, -0.05) is 59.6 Å². The molecule has 0 saturated heterocycles. The van der Waals surface area contributed by atoms with Gasteiger partial charge in [0, 0.05) is 10.7 Å². The van der Waals surface area contributed by atoms with Gasteiger partial charge in [0.2, 0.25) is 0 Å². The molecule has 0 fully saturated rings. The molecule has 0 radical (unpaired) electrons. The van der Waals surface area contributed by atoms with Crippen LogP contribution >= 0.6 is 11.6 Å². The minimum absolute atomic E-state index is 0.262. The fraction of sp³-hybridized carbons (Fsp3) is 0.120. The van der Waals surface area contributed by atoms with Crippen LogP contribution in [0.15, 0.2) is 72.4 Å². The fourth-order valence-electron chi connectivity index (χ4n) is 3.50. The quantitative estimate of drug-likeness (QED) is 0.558. The first-order valence-electron chi connectivity index (χ1n) is 9.65. The Hall–Kier alpha value is -3.37. The molecule has 0 spiro atoms. The average molecular weight is 417 g/mol. The van der Waals surface area contributed by atoms with E-state index >= 15 is 0 Å². The first kappa shape index (κ1) is 19.9. The Kier molecular flexibility index (Phi) is 5.18. The molecule has 4 rings (SSSR count). The Labute approximate surface area is 180 Å². The molecule has 3 aromatic rings. The van der Waals surface area contributed by atoms with Crippen LogP contribution in [0, 0.1) is 20.8 Å². The third kappa shape index (κ3) is 3.51. The van der Waals surface area contributed by atoms with Crippen molar-refractivity contribution >= 4 is 40.4 Å². The van der Waals surface area contributed by atoms with Gasteiger partial charge in [-0.2, -0.15) is 0 Å². The number of amides is 2. The van der Waals surface area contributed by atoms with Crippen LogP contribution in [0.2, 0.25) is 5.02 Å². The lowest BCUT2D eigenvalue weighted by molar-refractivity contribution is -0.120. The lowest BCUT2D eigenvalue weighted by atomic mass is 10.0. The third-order valence-electron chi connectivity index (χ3n) is 5.35. The molecule has 2 amide bonds. The lowest BCUT2D eigenvalue weighted by Gasteiger charge is -2.16. The zero-order valence-electron chi connectivity index (χ0n) is 17.0. The maximum absolute atomic E-state index is 13.4. The van der Waals surface area contributed by atoms with Gasteiger partial charge < -0.3 is 5.32 Å². The summed E-state index contributed by atoms with van der Waals surface area (Å²) in [6.45, 7) is 5.97. The molecule has 0 aliphatic carbocycles. The van der Waals surface area contributed by atoms with Crippen LogP contribution in [-0.2, 0) is 9.59 Å². The number of nitrogens with one attached hydrogen (secondary N) is 1. The molecule has 4 nitrogen and oxygen atoms in total. The highest BCUT2D eigenvalue weighted by Crippen LogP contribution is 2.35. The van der Waals surface area contributed by atoms with Crippen molar-refractivity contribution in [2.24, 2.45) is 0 Å². The molecule has 0 saturated carbocycles. The molecule has 1 N–H and O–H groups in total. The second kappa shape index (κ2) is 7.81. The van der Waals surface area contributed by atoms with Gasteiger partial charge in [0.25, 0.3) is 11.8 Å². The molecule has 3 aromatic carbocycles. The molecule has 0 unspecified atom stereocenters. The Morgan fingerprint density at radius 1 is 0.833 bits per heavy atom. The maximum Gasteiger partial charge on any atom is 0.282 e. The number of benzene rings is 3. The Morgan fingerprint density at radius 3 is 2.23 bits per heavy atom. The summed E-state index contributed by atoms with van der Waals surface area (Å²) < 4.78 is 0. The van der Waals surface area contributed by atoms with E-state index in [0.29, 0.717) is 21.8 Å². The highest BCUT2D eigenvalue weighted by Gasteiger charge is 2.40. The zero-order chi connectivity index (χ0) is 21.4. The van der Waals surface area contributed by atoms with Crippen molar-refractivity contribution in [1.29, 1.82) is 0 Å². The van der Waals surface area contributed by atoms with Crippen LogP contribution in [0.1, 0.15) is 22.3 Å². The maximum atomic E-state index is 13.4. The van der Waals surface area contributed by atoms with Gasteiger partial charge in [-0.3, -0.25) is 9.59 Å². The van der Waals surface area contributed by atoms with Gasteiger partial charge in [-0.25, -0.2) is 4.90 Å². The molecule has 150 valence electrons. The average Bonchev–Trinajstić information content (AvgIpc) is 2.96. The number of carbonyl (C=O) groups excluding carboxylic acids is 2. The minimum atomic E-state index is -0.404. The number of nitrogens with zero attached hydrogens (tertiary/aromatic N) is 1. The van der Waals surface area contributed by atoms with Crippen molar-refractivity contribution in [3.8, 4) is 0 Å². The lowest BCUT2D eigenvalue weighted by Crippen LogP contribution is -2.32. The van der Waals surface area contributed by atoms with E-state index in [1.807, 2.05) is 63.2 Å². The van der Waals surface area contributed by atoms with E-state index in [1.165, 1.54) is 4.90 Å². The molecule has 0 atom stereocenters. The molecular formula is C25H21ClN2O2. The second-order valence-electron chi connectivity index (χ2n) is 7.41. The van der Waals surface area contributed by atoms with Gasteiger partial charge >= 0.3 is 0 Å². The van der Waals surface area contributed by atoms with Crippen molar-refractivity contribution in [2.45, 2.75) is 20.8 Å². The predicted octanol–water partition coefficient (Wildman–Crippen LogP) is 5.66. The van der Waals surface area contributed by atoms with Crippen molar-refractivity contribution in [2.75, 3.05) is 10.2 Å². The summed E-state index contributed by atoms with van der Waals surface area (Å²) in [5.74, 6) is -0.780. The van der Waals surface area contributed by atoms with Crippen molar-refractivity contribution in [3.05, 3.63) is 99.7 Å². The van der Waals surface area contributed by atoms with E-state index in [9.17, 15) is 9.59 Å². The van der Waals surface area contributed by atoms with E-state index in [4.69, 9.17) is 11.6 Å². The Bertz CT molecular complexity index is 1200. The topological polar surface area (TPSA) is 49.4 Å². The van der Waals surface area contributed by atoms with Gasteiger partial charge in [-0.05, 0) is 61.7 Å². The van der Waals surface area contributed by atoms with E-state index in [1.54, 1.807) is 24.3 Å². The standard InChI is InChI=1S/C25H21ClN2O2/c1-15-10-12-18(13-11-15)22-23(27-21-9-4-6-16(2)17(21)3)25(30)28(24(22)29)20-8-5-7-19(26)14-20/h4-14,27H,1-3H3. The van der Waals surface area contributed by atoms with Crippen molar-refractivity contribution in [1.82, 2.24) is 0 Å². The number of rotatable bonds is 4. The molecule has 1 aliphatic rings. The van der Waals surface area contributed by atoms with Gasteiger partial charge in [0.15, 0.2) is 0 Å². The molecule has 1 aliphatic heterocycles. The fourth-order valence-corrected chi connectivity index (χ4v) is 3.69. The van der Waals surface area contributed by atoms with Crippen LogP contribution in [-0.4, -0.2) is 11.8 Å². The summed E-state index contributed by atoms with van der Waals surface area (Å²) in [6.07, 6.45) is 0. The summed E-state index contributed by atoms with van der Waals surface area (Å²) >= 11 is 6.12. The first-order chi connectivity index (χ1) is 14.4. The highest BCUT2D eigenvalue weighted by atomic mass is 35.5. The zero-order valence-corrected chi connectivity index (χ0v) is 17.7. The number of anilines is 2. The second-order valence-corrected chi connectivity index (χ2v) is 7.85. The molecular weight excluding hydrogens is 396 g/mol. The van der Waals surface area contributed by atoms with Crippen molar-refractivity contribution in [3.63, 3.8) is 0 Å². The van der Waals surface area contributed by atoms with E-state index in [0.717, 1.165) is 22.4 Å². The summed E-state index contributed by atoms with van der Waals surface area (Å²) in [5.41, 5.74) is 5.74. The largest absolute Gasteiger partial charge is 0.350 e. The monoisotopic (exact) mass is 416 g/mol. The van der Waals surface area contributed by atoms with E-state index in [2.05, 4.69) is 5.32 Å². The first-order valence-corrected chi connectivity index (χ1v) is 10.0. The molecule has 5 heteroatoms. The van der Waals surface area contributed by atoms with Gasteiger partial charge in [0.05, 0.1) is 11.3 Å². The summed E-state index contributed by atoms with van der Waals surface area (Å²) in [5, 5.41) is 3.70. The Morgan fingerprint density at radius 2 is 1.53 bits per heavy atom. The summed E-state index contributed by atoms with van der Waals surface area (Å²) in [6, 6.07) is 20.2. The van der Waals surface area contributed by atoms with Crippen LogP contribution < -0.4 is 10.2 Å². The third-order valence-corrected chi connectivity index (χ3v) is 5.59. The molecule has 0 bridgehead atoms. The number of carbonyl (C=O) groups is 2. The van der Waals surface area contributed by atoms with Crippen LogP contribution in [0.3, 0.4) is 0 Å². The van der Waals surface area contributed by atoms with Crippen LogP contribution in [0.25, 0.3) is 5.57 Å². The number of hydrogen-bond donors (Lipinski definition) is 1. The number of imide groups is 1. The normalized spacial score (nSPS) is 13.9. The predicted molar refractivity (Wildman–Crippen MR) is 122 cm³/mol. The van der Waals surface area contributed by atoms with E-state index < -0.39 is 5.91 Å². The number of aryl methyl sites for hydroxylation is 2. The van der Waals surface area contributed by atoms with Crippen LogP contribution in [0.5, 0.6) is 0 Å². The smallest absolute Gasteiger partial charge is 0.282 e. The van der Waals surface area contributed by atoms with Gasteiger partial charge in [-0.15, -0.1) is 0 Å². The summed E-state index contributed by atoms with van der Waals surface area (Å²) in [7, 11) is 0. The molecule has 30 heavy (non-hydrogen) atoms. The van der Waals surface area contributed by atoms with Crippen LogP contribution in [0.4, 0.5) is 11.4 Å².